The zero-order valence-corrected chi connectivity index (χ0v) is 16.1. The van der Waals surface area contributed by atoms with Crippen molar-refractivity contribution in [3.05, 3.63) is 60.2 Å². The molecule has 0 saturated carbocycles. The SMILES string of the molecule is COc1ccc(N(C)C(=O)CN(CCc2ccccc2)S(C)(=O)=O)cc1. The number of methoxy groups -OCH3 is 1. The predicted octanol–water partition coefficient (Wildman–Crippen LogP) is 2.16. The van der Waals surface area contributed by atoms with Crippen LogP contribution in [0.1, 0.15) is 5.56 Å². The second kappa shape index (κ2) is 8.82. The van der Waals surface area contributed by atoms with Gasteiger partial charge in [0, 0.05) is 19.3 Å². The Labute approximate surface area is 155 Å². The summed E-state index contributed by atoms with van der Waals surface area (Å²) in [6.45, 7) is 0.0548. The predicted molar refractivity (Wildman–Crippen MR) is 103 cm³/mol. The highest BCUT2D eigenvalue weighted by Gasteiger charge is 2.22. The van der Waals surface area contributed by atoms with Gasteiger partial charge in [0.15, 0.2) is 0 Å². The van der Waals surface area contributed by atoms with Crippen molar-refractivity contribution in [2.24, 2.45) is 0 Å². The fraction of sp³-hybridized carbons (Fsp3) is 0.316. The van der Waals surface area contributed by atoms with Crippen LogP contribution < -0.4 is 9.64 Å². The third kappa shape index (κ3) is 5.57. The summed E-state index contributed by atoms with van der Waals surface area (Å²) in [5.41, 5.74) is 1.70. The second-order valence-electron chi connectivity index (χ2n) is 5.98. The number of sulfonamides is 1. The number of nitrogens with zero attached hydrogens (tertiary/aromatic N) is 2. The van der Waals surface area contributed by atoms with Crippen molar-refractivity contribution < 1.29 is 17.9 Å². The molecule has 2 aromatic rings. The minimum atomic E-state index is -3.49. The van der Waals surface area contributed by atoms with Crippen LogP contribution in [-0.2, 0) is 21.2 Å². The van der Waals surface area contributed by atoms with Crippen LogP contribution >= 0.6 is 0 Å². The molecule has 0 saturated heterocycles. The molecule has 2 aromatic carbocycles. The molecule has 0 aliphatic heterocycles. The zero-order chi connectivity index (χ0) is 19.2. The third-order valence-electron chi connectivity index (χ3n) is 4.11. The highest BCUT2D eigenvalue weighted by atomic mass is 32.2. The summed E-state index contributed by atoms with van der Waals surface area (Å²) in [5, 5.41) is 0. The van der Waals surface area contributed by atoms with E-state index in [4.69, 9.17) is 4.74 Å². The van der Waals surface area contributed by atoms with E-state index in [1.807, 2.05) is 30.3 Å². The van der Waals surface area contributed by atoms with Gasteiger partial charge in [-0.15, -0.1) is 0 Å². The standard InChI is InChI=1S/C19H24N2O4S/c1-20(17-9-11-18(25-2)12-10-17)19(22)15-21(26(3,23)24)14-13-16-7-5-4-6-8-16/h4-12H,13-15H2,1-3H3. The molecule has 0 fully saturated rings. The van der Waals surface area contributed by atoms with Crippen LogP contribution in [0.2, 0.25) is 0 Å². The summed E-state index contributed by atoms with van der Waals surface area (Å²) in [5.74, 6) is 0.392. The fourth-order valence-corrected chi connectivity index (χ4v) is 3.24. The summed E-state index contributed by atoms with van der Waals surface area (Å²) < 4.78 is 30.5. The Morgan fingerprint density at radius 2 is 1.65 bits per heavy atom. The van der Waals surface area contributed by atoms with E-state index in [9.17, 15) is 13.2 Å². The molecule has 0 aromatic heterocycles. The molecule has 7 heteroatoms. The lowest BCUT2D eigenvalue weighted by molar-refractivity contribution is -0.118. The maximum Gasteiger partial charge on any atom is 0.242 e. The molecule has 0 spiro atoms. The minimum absolute atomic E-state index is 0.200. The second-order valence-corrected chi connectivity index (χ2v) is 7.97. The Morgan fingerprint density at radius 1 is 1.04 bits per heavy atom. The van der Waals surface area contributed by atoms with E-state index in [0.717, 1.165) is 11.8 Å². The van der Waals surface area contributed by atoms with Crippen molar-refractivity contribution >= 4 is 21.6 Å². The smallest absolute Gasteiger partial charge is 0.242 e. The fourth-order valence-electron chi connectivity index (χ4n) is 2.47. The molecule has 0 aliphatic carbocycles. The van der Waals surface area contributed by atoms with Gasteiger partial charge in [0.1, 0.15) is 5.75 Å². The number of ether oxygens (including phenoxy) is 1. The molecule has 2 rings (SSSR count). The number of likely N-dealkylation sites (N-methyl/N-ethyl adjacent to an activating group) is 1. The van der Waals surface area contributed by atoms with Crippen molar-refractivity contribution in [3.63, 3.8) is 0 Å². The van der Waals surface area contributed by atoms with E-state index >= 15 is 0 Å². The normalized spacial score (nSPS) is 11.4. The van der Waals surface area contributed by atoms with Gasteiger partial charge in [0.2, 0.25) is 15.9 Å². The first-order valence-electron chi connectivity index (χ1n) is 8.21. The van der Waals surface area contributed by atoms with Crippen molar-refractivity contribution in [2.45, 2.75) is 6.42 Å². The molecule has 1 amide bonds. The monoisotopic (exact) mass is 376 g/mol. The summed E-state index contributed by atoms with van der Waals surface area (Å²) in [6, 6.07) is 16.6. The quantitative estimate of drug-likeness (QED) is 0.708. The number of rotatable bonds is 8. The Morgan fingerprint density at radius 3 is 2.19 bits per heavy atom. The number of carbonyl (C=O) groups is 1. The lowest BCUT2D eigenvalue weighted by Crippen LogP contribution is -2.42. The molecule has 0 radical (unpaired) electrons. The van der Waals surface area contributed by atoms with Gasteiger partial charge < -0.3 is 9.64 Å². The van der Waals surface area contributed by atoms with Crippen molar-refractivity contribution in [1.29, 1.82) is 0 Å². The summed E-state index contributed by atoms with van der Waals surface area (Å²) in [4.78, 5) is 14.0. The first kappa shape index (κ1) is 19.9. The van der Waals surface area contributed by atoms with Gasteiger partial charge in [0.25, 0.3) is 0 Å². The van der Waals surface area contributed by atoms with Gasteiger partial charge in [0.05, 0.1) is 19.9 Å². The zero-order valence-electron chi connectivity index (χ0n) is 15.3. The number of hydrogen-bond acceptors (Lipinski definition) is 4. The van der Waals surface area contributed by atoms with E-state index in [-0.39, 0.29) is 19.0 Å². The molecule has 0 atom stereocenters. The van der Waals surface area contributed by atoms with Crippen LogP contribution in [0.4, 0.5) is 5.69 Å². The molecule has 0 N–H and O–H groups in total. The molecule has 140 valence electrons. The molecule has 26 heavy (non-hydrogen) atoms. The molecule has 0 aliphatic rings. The van der Waals surface area contributed by atoms with E-state index in [1.165, 1.54) is 9.21 Å². The minimum Gasteiger partial charge on any atom is -0.497 e. The molecule has 0 bridgehead atoms. The number of amides is 1. The first-order chi connectivity index (χ1) is 12.3. The Bertz CT molecular complexity index is 820. The third-order valence-corrected chi connectivity index (χ3v) is 5.36. The van der Waals surface area contributed by atoms with E-state index in [2.05, 4.69) is 0 Å². The number of anilines is 1. The van der Waals surface area contributed by atoms with E-state index < -0.39 is 10.0 Å². The molecule has 6 nitrogen and oxygen atoms in total. The highest BCUT2D eigenvalue weighted by molar-refractivity contribution is 7.88. The van der Waals surface area contributed by atoms with Gasteiger partial charge in [-0.05, 0) is 36.2 Å². The number of benzene rings is 2. The maximum atomic E-state index is 12.6. The van der Waals surface area contributed by atoms with E-state index in [0.29, 0.717) is 17.9 Å². The van der Waals surface area contributed by atoms with Crippen LogP contribution in [0, 0.1) is 0 Å². The van der Waals surface area contributed by atoms with Crippen LogP contribution in [0.15, 0.2) is 54.6 Å². The largest absolute Gasteiger partial charge is 0.497 e. The molecule has 0 unspecified atom stereocenters. The molecular weight excluding hydrogens is 352 g/mol. The average Bonchev–Trinajstić information content (AvgIpc) is 2.64. The molecular formula is C19H24N2O4S. The summed E-state index contributed by atoms with van der Waals surface area (Å²) in [7, 11) is -0.294. The van der Waals surface area contributed by atoms with Gasteiger partial charge >= 0.3 is 0 Å². The van der Waals surface area contributed by atoms with Crippen LogP contribution in [-0.4, -0.2) is 52.1 Å². The lowest BCUT2D eigenvalue weighted by atomic mass is 10.1. The Balaban J connectivity index is 2.05. The summed E-state index contributed by atoms with van der Waals surface area (Å²) >= 11 is 0. The molecule has 0 heterocycles. The number of hydrogen-bond donors (Lipinski definition) is 0. The Kier molecular flexibility index (Phi) is 6.76. The van der Waals surface area contributed by atoms with Crippen LogP contribution in [0.25, 0.3) is 0 Å². The van der Waals surface area contributed by atoms with Crippen molar-refractivity contribution in [2.75, 3.05) is 38.4 Å². The van der Waals surface area contributed by atoms with Crippen molar-refractivity contribution in [3.8, 4) is 5.75 Å². The topological polar surface area (TPSA) is 66.9 Å². The average molecular weight is 376 g/mol. The highest BCUT2D eigenvalue weighted by Crippen LogP contribution is 2.18. The van der Waals surface area contributed by atoms with Crippen molar-refractivity contribution in [1.82, 2.24) is 4.31 Å². The maximum absolute atomic E-state index is 12.6. The van der Waals surface area contributed by atoms with Crippen LogP contribution in [0.5, 0.6) is 5.75 Å². The van der Waals surface area contributed by atoms with Gasteiger partial charge in [-0.2, -0.15) is 4.31 Å². The lowest BCUT2D eigenvalue weighted by Gasteiger charge is -2.23. The van der Waals surface area contributed by atoms with Gasteiger partial charge in [-0.1, -0.05) is 30.3 Å². The number of carbonyl (C=O) groups excluding carboxylic acids is 1. The van der Waals surface area contributed by atoms with Gasteiger partial charge in [-0.25, -0.2) is 8.42 Å². The van der Waals surface area contributed by atoms with Gasteiger partial charge in [-0.3, -0.25) is 4.79 Å². The van der Waals surface area contributed by atoms with Crippen LogP contribution in [0.3, 0.4) is 0 Å². The summed E-state index contributed by atoms with van der Waals surface area (Å²) in [6.07, 6.45) is 1.67. The Hall–Kier alpha value is -2.38. The first-order valence-corrected chi connectivity index (χ1v) is 10.1. The van der Waals surface area contributed by atoms with E-state index in [1.54, 1.807) is 38.4 Å².